The number of carboxylic acid groups (broad SMARTS) is 1. The number of carbonyl (C=O) groups excluding carboxylic acids is 1. The monoisotopic (exact) mass is 244 g/mol. The number of urea groups is 1. The lowest BCUT2D eigenvalue weighted by atomic mass is 9.98. The molecule has 100 valence electrons. The average Bonchev–Trinajstić information content (AvgIpc) is 2.21. The van der Waals surface area contributed by atoms with E-state index < -0.39 is 5.97 Å². The van der Waals surface area contributed by atoms with Crippen LogP contribution in [0.1, 0.15) is 34.6 Å². The average molecular weight is 244 g/mol. The molecule has 0 aromatic rings. The Morgan fingerprint density at radius 3 is 2.06 bits per heavy atom. The minimum absolute atomic E-state index is 0.125. The molecule has 0 saturated carbocycles. The molecular weight excluding hydrogens is 220 g/mol. The van der Waals surface area contributed by atoms with E-state index in [1.807, 2.05) is 0 Å². The number of hydrogen-bond donors (Lipinski definition) is 2. The van der Waals surface area contributed by atoms with E-state index in [-0.39, 0.29) is 18.6 Å². The zero-order valence-corrected chi connectivity index (χ0v) is 11.4. The van der Waals surface area contributed by atoms with Crippen molar-refractivity contribution in [3.8, 4) is 0 Å². The van der Waals surface area contributed by atoms with Crippen molar-refractivity contribution in [2.45, 2.75) is 40.7 Å². The van der Waals surface area contributed by atoms with Gasteiger partial charge in [-0.3, -0.25) is 4.79 Å². The number of nitrogens with zero attached hydrogens (tertiary/aromatic N) is 1. The second kappa shape index (κ2) is 7.14. The van der Waals surface area contributed by atoms with Crippen molar-refractivity contribution in [3.05, 3.63) is 0 Å². The molecule has 0 heterocycles. The number of hydrogen-bond acceptors (Lipinski definition) is 2. The first-order valence-electron chi connectivity index (χ1n) is 6.02. The standard InChI is InChI=1S/C12H24N2O3/c1-8(2)10(5)6-13-12(17)14(9(3)4)7-11(15)16/h8-10H,6-7H2,1-5H3,(H,13,17)(H,15,16). The molecule has 0 rings (SSSR count). The van der Waals surface area contributed by atoms with Gasteiger partial charge in [-0.1, -0.05) is 20.8 Å². The molecule has 0 saturated heterocycles. The molecule has 5 nitrogen and oxygen atoms in total. The summed E-state index contributed by atoms with van der Waals surface area (Å²) in [6.07, 6.45) is 0. The van der Waals surface area contributed by atoms with Gasteiger partial charge in [0.2, 0.25) is 0 Å². The van der Waals surface area contributed by atoms with Crippen LogP contribution < -0.4 is 5.32 Å². The number of amides is 2. The van der Waals surface area contributed by atoms with Crippen LogP contribution in [0.5, 0.6) is 0 Å². The van der Waals surface area contributed by atoms with Crippen LogP contribution in [-0.2, 0) is 4.79 Å². The van der Waals surface area contributed by atoms with Crippen LogP contribution in [0.25, 0.3) is 0 Å². The van der Waals surface area contributed by atoms with Crippen molar-refractivity contribution < 1.29 is 14.7 Å². The summed E-state index contributed by atoms with van der Waals surface area (Å²) in [5, 5.41) is 11.5. The Morgan fingerprint density at radius 1 is 1.18 bits per heavy atom. The molecule has 2 amide bonds. The van der Waals surface area contributed by atoms with Gasteiger partial charge in [-0.05, 0) is 25.7 Å². The minimum Gasteiger partial charge on any atom is -0.480 e. The van der Waals surface area contributed by atoms with Gasteiger partial charge < -0.3 is 15.3 Å². The highest BCUT2D eigenvalue weighted by atomic mass is 16.4. The Morgan fingerprint density at radius 2 is 1.71 bits per heavy atom. The molecule has 1 unspecified atom stereocenters. The molecule has 0 aromatic heterocycles. The minimum atomic E-state index is -0.995. The third-order valence-corrected chi connectivity index (χ3v) is 2.90. The highest BCUT2D eigenvalue weighted by Gasteiger charge is 2.20. The van der Waals surface area contributed by atoms with E-state index in [0.717, 1.165) is 0 Å². The van der Waals surface area contributed by atoms with E-state index in [4.69, 9.17) is 5.11 Å². The third kappa shape index (κ3) is 6.14. The van der Waals surface area contributed by atoms with Crippen molar-refractivity contribution in [2.75, 3.05) is 13.1 Å². The number of nitrogens with one attached hydrogen (secondary N) is 1. The van der Waals surface area contributed by atoms with Gasteiger partial charge in [-0.15, -0.1) is 0 Å². The van der Waals surface area contributed by atoms with E-state index in [2.05, 4.69) is 26.1 Å². The second-order valence-electron chi connectivity index (χ2n) is 5.02. The van der Waals surface area contributed by atoms with Crippen LogP contribution in [0.3, 0.4) is 0 Å². The number of carbonyl (C=O) groups is 2. The topological polar surface area (TPSA) is 69.6 Å². The predicted octanol–water partition coefficient (Wildman–Crippen LogP) is 1.78. The van der Waals surface area contributed by atoms with Crippen molar-refractivity contribution in [1.29, 1.82) is 0 Å². The maximum absolute atomic E-state index is 11.8. The van der Waals surface area contributed by atoms with Crippen LogP contribution in [0.15, 0.2) is 0 Å². The maximum Gasteiger partial charge on any atom is 0.323 e. The molecule has 0 fully saturated rings. The van der Waals surface area contributed by atoms with Gasteiger partial charge in [0.25, 0.3) is 0 Å². The fourth-order valence-corrected chi connectivity index (χ4v) is 1.22. The first kappa shape index (κ1) is 15.7. The Kier molecular flexibility index (Phi) is 6.61. The molecule has 2 N–H and O–H groups in total. The van der Waals surface area contributed by atoms with Crippen molar-refractivity contribution in [1.82, 2.24) is 10.2 Å². The van der Waals surface area contributed by atoms with Gasteiger partial charge in [0.15, 0.2) is 0 Å². The Bertz CT molecular complexity index is 264. The molecule has 0 aromatic carbocycles. The molecule has 0 bridgehead atoms. The summed E-state index contributed by atoms with van der Waals surface area (Å²) in [5.41, 5.74) is 0. The van der Waals surface area contributed by atoms with Gasteiger partial charge in [0.05, 0.1) is 0 Å². The van der Waals surface area contributed by atoms with E-state index in [9.17, 15) is 9.59 Å². The first-order valence-corrected chi connectivity index (χ1v) is 6.02. The third-order valence-electron chi connectivity index (χ3n) is 2.90. The molecule has 17 heavy (non-hydrogen) atoms. The Labute approximate surface area is 103 Å². The van der Waals surface area contributed by atoms with Gasteiger partial charge >= 0.3 is 12.0 Å². The smallest absolute Gasteiger partial charge is 0.323 e. The summed E-state index contributed by atoms with van der Waals surface area (Å²) in [6, 6.07) is -0.435. The molecule has 1 atom stereocenters. The lowest BCUT2D eigenvalue weighted by Gasteiger charge is -2.26. The van der Waals surface area contributed by atoms with Crippen LogP contribution in [0.4, 0.5) is 4.79 Å². The maximum atomic E-state index is 11.8. The summed E-state index contributed by atoms with van der Waals surface area (Å²) in [5.74, 6) is -0.133. The molecule has 0 aliphatic carbocycles. The van der Waals surface area contributed by atoms with Crippen molar-refractivity contribution in [3.63, 3.8) is 0 Å². The van der Waals surface area contributed by atoms with Crippen LogP contribution in [0.2, 0.25) is 0 Å². The first-order chi connectivity index (χ1) is 7.75. The molecule has 0 aliphatic rings. The summed E-state index contributed by atoms with van der Waals surface area (Å²) in [6.45, 7) is 10.1. The fourth-order valence-electron chi connectivity index (χ4n) is 1.22. The SMILES string of the molecule is CC(C)C(C)CNC(=O)N(CC(=O)O)C(C)C. The van der Waals surface area contributed by atoms with E-state index >= 15 is 0 Å². The zero-order valence-electron chi connectivity index (χ0n) is 11.4. The Balaban J connectivity index is 4.29. The highest BCUT2D eigenvalue weighted by Crippen LogP contribution is 2.08. The molecule has 0 aliphatic heterocycles. The normalized spacial score (nSPS) is 12.6. The predicted molar refractivity (Wildman–Crippen MR) is 66.9 cm³/mol. The van der Waals surface area contributed by atoms with Gasteiger partial charge in [0, 0.05) is 12.6 Å². The summed E-state index contributed by atoms with van der Waals surface area (Å²) < 4.78 is 0. The largest absolute Gasteiger partial charge is 0.480 e. The number of rotatable bonds is 6. The lowest BCUT2D eigenvalue weighted by molar-refractivity contribution is -0.138. The molecule has 0 radical (unpaired) electrons. The van der Waals surface area contributed by atoms with E-state index in [1.54, 1.807) is 13.8 Å². The number of carboxylic acids is 1. The van der Waals surface area contributed by atoms with Crippen molar-refractivity contribution >= 4 is 12.0 Å². The van der Waals surface area contributed by atoms with E-state index in [1.165, 1.54) is 4.90 Å². The highest BCUT2D eigenvalue weighted by molar-refractivity contribution is 5.80. The quantitative estimate of drug-likeness (QED) is 0.748. The van der Waals surface area contributed by atoms with Crippen LogP contribution in [-0.4, -0.2) is 41.1 Å². The fraction of sp³-hybridized carbons (Fsp3) is 0.833. The Hall–Kier alpha value is -1.26. The zero-order chi connectivity index (χ0) is 13.6. The molecule has 5 heteroatoms. The summed E-state index contributed by atoms with van der Waals surface area (Å²) in [4.78, 5) is 23.8. The number of aliphatic carboxylic acids is 1. The molecular formula is C12H24N2O3. The van der Waals surface area contributed by atoms with Gasteiger partial charge in [0.1, 0.15) is 6.54 Å². The summed E-state index contributed by atoms with van der Waals surface area (Å²) >= 11 is 0. The van der Waals surface area contributed by atoms with Crippen molar-refractivity contribution in [2.24, 2.45) is 11.8 Å². The van der Waals surface area contributed by atoms with Crippen LogP contribution in [0, 0.1) is 11.8 Å². The molecule has 0 spiro atoms. The van der Waals surface area contributed by atoms with Crippen LogP contribution >= 0.6 is 0 Å². The van der Waals surface area contributed by atoms with E-state index in [0.29, 0.717) is 18.4 Å². The van der Waals surface area contributed by atoms with Gasteiger partial charge in [-0.2, -0.15) is 0 Å². The lowest BCUT2D eigenvalue weighted by Crippen LogP contribution is -2.47. The summed E-state index contributed by atoms with van der Waals surface area (Å²) in [7, 11) is 0. The van der Waals surface area contributed by atoms with Gasteiger partial charge in [-0.25, -0.2) is 4.79 Å². The second-order valence-corrected chi connectivity index (χ2v) is 5.02.